The van der Waals surface area contributed by atoms with Gasteiger partial charge in [0.1, 0.15) is 18.3 Å². The largest absolute Gasteiger partial charge is 0.502 e. The van der Waals surface area contributed by atoms with Crippen molar-refractivity contribution >= 4 is 24.1 Å². The van der Waals surface area contributed by atoms with Crippen LogP contribution < -0.4 is 18.9 Å². The molecule has 0 aliphatic carbocycles. The maximum Gasteiger partial charge on any atom is 0.333 e. The molecule has 1 saturated heterocycles. The zero-order valence-corrected chi connectivity index (χ0v) is 23.1. The fourth-order valence-electron chi connectivity index (χ4n) is 3.95. The predicted octanol–water partition coefficient (Wildman–Crippen LogP) is 0.753. The molecule has 14 heteroatoms. The number of aromatic hydroxyl groups is 2. The van der Waals surface area contributed by atoms with Gasteiger partial charge in [0.15, 0.2) is 29.1 Å². The Morgan fingerprint density at radius 2 is 1.14 bits per heavy atom. The molecule has 1 aliphatic rings. The number of methoxy groups -OCH3 is 4. The highest BCUT2D eigenvalue weighted by atomic mass is 16.7. The van der Waals surface area contributed by atoms with Gasteiger partial charge in [-0.3, -0.25) is 0 Å². The van der Waals surface area contributed by atoms with Crippen molar-refractivity contribution in [3.05, 3.63) is 47.5 Å². The number of phenols is 2. The lowest BCUT2D eigenvalue weighted by Gasteiger charge is -2.40. The molecule has 2 aromatic rings. The van der Waals surface area contributed by atoms with Crippen molar-refractivity contribution in [3.63, 3.8) is 0 Å². The van der Waals surface area contributed by atoms with Gasteiger partial charge in [0.25, 0.3) is 0 Å². The third-order valence-electron chi connectivity index (χ3n) is 6.14. The molecule has 0 amide bonds. The molecule has 1 aliphatic heterocycles. The standard InChI is InChI=1S/C28H32O14/c1-36-16-9-14(10-17(37-2)23(16)32)5-7-21(30)41-27-26(35)25(34)20(13-29)40-28(27)42-22(31)8-6-15-11-18(38-3)24(33)19(12-15)39-4/h5-12,20,25-29,32-35H,13H2,1-4H3/t20-,25-,26+,27-,28+/m1/s1. The van der Waals surface area contributed by atoms with Gasteiger partial charge in [0.05, 0.1) is 35.0 Å². The minimum Gasteiger partial charge on any atom is -0.502 e. The second-order valence-corrected chi connectivity index (χ2v) is 8.76. The molecule has 0 unspecified atom stereocenters. The summed E-state index contributed by atoms with van der Waals surface area (Å²) in [4.78, 5) is 25.3. The molecule has 0 aromatic heterocycles. The second kappa shape index (κ2) is 14.4. The Kier molecular flexibility index (Phi) is 11.0. The highest BCUT2D eigenvalue weighted by molar-refractivity contribution is 5.88. The van der Waals surface area contributed by atoms with Crippen LogP contribution in [-0.4, -0.2) is 103 Å². The number of rotatable bonds is 11. The third kappa shape index (κ3) is 7.41. The van der Waals surface area contributed by atoms with Crippen molar-refractivity contribution in [3.8, 4) is 34.5 Å². The molecule has 0 spiro atoms. The van der Waals surface area contributed by atoms with E-state index in [9.17, 15) is 35.1 Å². The Bertz CT molecular complexity index is 1270. The van der Waals surface area contributed by atoms with E-state index in [1.165, 1.54) is 64.9 Å². The molecule has 5 N–H and O–H groups in total. The number of hydrogen-bond acceptors (Lipinski definition) is 14. The molecule has 42 heavy (non-hydrogen) atoms. The normalized spacial score (nSPS) is 22.1. The van der Waals surface area contributed by atoms with Crippen molar-refractivity contribution in [2.24, 2.45) is 0 Å². The van der Waals surface area contributed by atoms with Crippen LogP contribution in [0.4, 0.5) is 0 Å². The topological polar surface area (TPSA) is 200 Å². The van der Waals surface area contributed by atoms with E-state index in [-0.39, 0.29) is 34.5 Å². The van der Waals surface area contributed by atoms with E-state index in [2.05, 4.69) is 0 Å². The van der Waals surface area contributed by atoms with E-state index in [4.69, 9.17) is 33.2 Å². The van der Waals surface area contributed by atoms with Gasteiger partial charge in [0.2, 0.25) is 17.8 Å². The van der Waals surface area contributed by atoms with Gasteiger partial charge in [-0.2, -0.15) is 0 Å². The van der Waals surface area contributed by atoms with Gasteiger partial charge in [-0.25, -0.2) is 9.59 Å². The van der Waals surface area contributed by atoms with Gasteiger partial charge in [0, 0.05) is 12.2 Å². The van der Waals surface area contributed by atoms with E-state index >= 15 is 0 Å². The number of carbonyl (C=O) groups is 2. The molecule has 14 nitrogen and oxygen atoms in total. The zero-order chi connectivity index (χ0) is 31.0. The van der Waals surface area contributed by atoms with Crippen LogP contribution >= 0.6 is 0 Å². The summed E-state index contributed by atoms with van der Waals surface area (Å²) in [6.07, 6.45) is -3.64. The molecule has 228 valence electrons. The summed E-state index contributed by atoms with van der Waals surface area (Å²) in [6.45, 7) is -0.736. The first-order valence-corrected chi connectivity index (χ1v) is 12.4. The molecular weight excluding hydrogens is 560 g/mol. The molecule has 1 fully saturated rings. The Balaban J connectivity index is 1.78. The molecule has 1 heterocycles. The van der Waals surface area contributed by atoms with Crippen molar-refractivity contribution in [2.75, 3.05) is 35.0 Å². The van der Waals surface area contributed by atoms with Crippen LogP contribution in [-0.2, 0) is 23.8 Å². The number of aliphatic hydroxyl groups is 3. The summed E-state index contributed by atoms with van der Waals surface area (Å²) in [5.74, 6) is -2.14. The molecule has 2 aromatic carbocycles. The lowest BCUT2D eigenvalue weighted by atomic mass is 9.99. The number of esters is 2. The second-order valence-electron chi connectivity index (χ2n) is 8.76. The van der Waals surface area contributed by atoms with Crippen LogP contribution in [0.1, 0.15) is 11.1 Å². The maximum atomic E-state index is 12.6. The Hall–Kier alpha value is -4.50. The molecule has 0 radical (unpaired) electrons. The van der Waals surface area contributed by atoms with Crippen LogP contribution in [0.15, 0.2) is 36.4 Å². The van der Waals surface area contributed by atoms with Crippen LogP contribution in [0.3, 0.4) is 0 Å². The van der Waals surface area contributed by atoms with Gasteiger partial charge < -0.3 is 58.7 Å². The number of carbonyl (C=O) groups excluding carboxylic acids is 2. The van der Waals surface area contributed by atoms with E-state index in [0.29, 0.717) is 11.1 Å². The summed E-state index contributed by atoms with van der Waals surface area (Å²) >= 11 is 0. The quantitative estimate of drug-likeness (QED) is 0.181. The average Bonchev–Trinajstić information content (AvgIpc) is 2.99. The van der Waals surface area contributed by atoms with Gasteiger partial charge in [-0.05, 0) is 47.5 Å². The van der Waals surface area contributed by atoms with E-state index < -0.39 is 49.3 Å². The number of aliphatic hydroxyl groups excluding tert-OH is 3. The Morgan fingerprint density at radius 1 is 0.738 bits per heavy atom. The fraction of sp³-hybridized carbons (Fsp3) is 0.357. The van der Waals surface area contributed by atoms with Crippen LogP contribution in [0.2, 0.25) is 0 Å². The first-order chi connectivity index (χ1) is 20.1. The smallest absolute Gasteiger partial charge is 0.333 e. The summed E-state index contributed by atoms with van der Waals surface area (Å²) in [5, 5.41) is 50.5. The van der Waals surface area contributed by atoms with Gasteiger partial charge in [-0.1, -0.05) is 0 Å². The summed E-state index contributed by atoms with van der Waals surface area (Å²) in [6, 6.07) is 5.70. The molecule has 3 rings (SSSR count). The SMILES string of the molecule is COc1cc(C=CC(=O)O[C@@H]2O[C@H](CO)[C@@H](O)[C@H](O)[C@H]2OC(=O)C=Cc2cc(OC)c(O)c(OC)c2)cc(OC)c1O. The third-order valence-corrected chi connectivity index (χ3v) is 6.14. The maximum absolute atomic E-state index is 12.6. The van der Waals surface area contributed by atoms with Crippen LogP contribution in [0, 0.1) is 0 Å². The zero-order valence-electron chi connectivity index (χ0n) is 23.1. The monoisotopic (exact) mass is 592 g/mol. The number of benzene rings is 2. The minimum absolute atomic E-state index is 0.0841. The molecule has 5 atom stereocenters. The first-order valence-electron chi connectivity index (χ1n) is 12.4. The van der Waals surface area contributed by atoms with E-state index in [0.717, 1.165) is 12.2 Å². The minimum atomic E-state index is -1.80. The molecular formula is C28H32O14. The predicted molar refractivity (Wildman–Crippen MR) is 144 cm³/mol. The highest BCUT2D eigenvalue weighted by Crippen LogP contribution is 2.38. The van der Waals surface area contributed by atoms with Crippen LogP contribution in [0.25, 0.3) is 12.2 Å². The van der Waals surface area contributed by atoms with Gasteiger partial charge in [-0.15, -0.1) is 0 Å². The molecule has 0 saturated carbocycles. The molecule has 0 bridgehead atoms. The Morgan fingerprint density at radius 3 is 1.52 bits per heavy atom. The van der Waals surface area contributed by atoms with Gasteiger partial charge >= 0.3 is 11.9 Å². The lowest BCUT2D eigenvalue weighted by molar-refractivity contribution is -0.293. The number of phenolic OH excluding ortho intramolecular Hbond substituents is 2. The van der Waals surface area contributed by atoms with Crippen molar-refractivity contribution in [2.45, 2.75) is 30.7 Å². The summed E-state index contributed by atoms with van der Waals surface area (Å²) < 4.78 is 36.2. The highest BCUT2D eigenvalue weighted by Gasteiger charge is 2.48. The van der Waals surface area contributed by atoms with Crippen molar-refractivity contribution < 1.29 is 68.3 Å². The first kappa shape index (κ1) is 32.0. The lowest BCUT2D eigenvalue weighted by Crippen LogP contribution is -2.60. The van der Waals surface area contributed by atoms with Crippen LogP contribution in [0.5, 0.6) is 34.5 Å². The summed E-state index contributed by atoms with van der Waals surface area (Å²) in [5.41, 5.74) is 0.775. The summed E-state index contributed by atoms with van der Waals surface area (Å²) in [7, 11) is 5.34. The average molecular weight is 593 g/mol. The number of hydrogen-bond donors (Lipinski definition) is 5. The number of ether oxygens (including phenoxy) is 7. The van der Waals surface area contributed by atoms with E-state index in [1.54, 1.807) is 0 Å². The van der Waals surface area contributed by atoms with E-state index in [1.807, 2.05) is 0 Å². The van der Waals surface area contributed by atoms with Crippen molar-refractivity contribution in [1.29, 1.82) is 0 Å². The fourth-order valence-corrected chi connectivity index (χ4v) is 3.95. The Labute approximate surface area is 240 Å². The van der Waals surface area contributed by atoms with Crippen molar-refractivity contribution in [1.82, 2.24) is 0 Å².